The Morgan fingerprint density at radius 1 is 1.32 bits per heavy atom. The van der Waals surface area contributed by atoms with Crippen LogP contribution in [0.4, 0.5) is 8.78 Å². The molecule has 0 aromatic carbocycles. The number of alkyl halides is 2. The van der Waals surface area contributed by atoms with Crippen LogP contribution in [0.3, 0.4) is 0 Å². The van der Waals surface area contributed by atoms with Crippen LogP contribution in [0.1, 0.15) is 51.9 Å². The van der Waals surface area contributed by atoms with E-state index in [1.807, 2.05) is 0 Å². The zero-order chi connectivity index (χ0) is 13.9. The molecule has 0 spiro atoms. The lowest BCUT2D eigenvalue weighted by molar-refractivity contribution is -0.159. The minimum atomic E-state index is -3.29. The maximum absolute atomic E-state index is 13.0. The third-order valence-electron chi connectivity index (χ3n) is 4.23. The Hall–Kier alpha value is -0.710. The largest absolute Gasteiger partial charge is 0.456 e. The predicted molar refractivity (Wildman–Crippen MR) is 68.1 cm³/mol. The molecule has 0 bridgehead atoms. The molecule has 0 aromatic rings. The summed E-state index contributed by atoms with van der Waals surface area (Å²) in [7, 11) is 0. The molecule has 1 unspecified atom stereocenters. The number of hydrogen-bond acceptors (Lipinski definition) is 3. The molecule has 2 fully saturated rings. The van der Waals surface area contributed by atoms with Crippen LogP contribution in [0.25, 0.3) is 0 Å². The van der Waals surface area contributed by atoms with Crippen molar-refractivity contribution in [3.63, 3.8) is 0 Å². The summed E-state index contributed by atoms with van der Waals surface area (Å²) >= 11 is 0. The number of nitrogens with one attached hydrogen (secondary N) is 1. The average Bonchev–Trinajstić information content (AvgIpc) is 2.63. The van der Waals surface area contributed by atoms with Gasteiger partial charge in [0.1, 0.15) is 6.10 Å². The van der Waals surface area contributed by atoms with E-state index in [1.165, 1.54) is 25.7 Å². The van der Waals surface area contributed by atoms with Crippen LogP contribution in [-0.4, -0.2) is 30.6 Å². The third kappa shape index (κ3) is 3.88. The van der Waals surface area contributed by atoms with Gasteiger partial charge in [0.2, 0.25) is 0 Å². The Morgan fingerprint density at radius 2 is 2.00 bits per heavy atom. The molecule has 19 heavy (non-hydrogen) atoms. The summed E-state index contributed by atoms with van der Waals surface area (Å²) in [5.74, 6) is -3.83. The van der Waals surface area contributed by atoms with E-state index in [4.69, 9.17) is 0 Å². The van der Waals surface area contributed by atoms with Gasteiger partial charge in [-0.15, -0.1) is 0 Å². The SMILES string of the molecule is CCCC1CCC(NCC2CC(F)(F)C(=O)O2)CC1. The fraction of sp³-hybridized carbons (Fsp3) is 0.929. The first-order valence-corrected chi connectivity index (χ1v) is 7.33. The van der Waals surface area contributed by atoms with Crippen molar-refractivity contribution < 1.29 is 18.3 Å². The minimum Gasteiger partial charge on any atom is -0.456 e. The van der Waals surface area contributed by atoms with Gasteiger partial charge in [-0.1, -0.05) is 19.8 Å². The molecule has 1 saturated heterocycles. The van der Waals surface area contributed by atoms with Crippen molar-refractivity contribution in [3.05, 3.63) is 0 Å². The van der Waals surface area contributed by atoms with E-state index >= 15 is 0 Å². The Morgan fingerprint density at radius 3 is 2.53 bits per heavy atom. The molecule has 1 saturated carbocycles. The number of carbonyl (C=O) groups excluding carboxylic acids is 1. The molecule has 1 N–H and O–H groups in total. The fourth-order valence-corrected chi connectivity index (χ4v) is 3.12. The van der Waals surface area contributed by atoms with Crippen molar-refractivity contribution >= 4 is 5.97 Å². The molecule has 5 heteroatoms. The van der Waals surface area contributed by atoms with Gasteiger partial charge >= 0.3 is 11.9 Å². The van der Waals surface area contributed by atoms with E-state index in [1.54, 1.807) is 0 Å². The van der Waals surface area contributed by atoms with Gasteiger partial charge in [0.15, 0.2) is 0 Å². The number of halogens is 2. The molecule has 1 aliphatic carbocycles. The molecule has 2 rings (SSSR count). The second-order valence-corrected chi connectivity index (χ2v) is 5.85. The van der Waals surface area contributed by atoms with Crippen LogP contribution < -0.4 is 5.32 Å². The summed E-state index contributed by atoms with van der Waals surface area (Å²) in [6.45, 7) is 2.56. The number of hydrogen-bond donors (Lipinski definition) is 1. The maximum Gasteiger partial charge on any atom is 0.377 e. The van der Waals surface area contributed by atoms with Crippen LogP contribution >= 0.6 is 0 Å². The number of ether oxygens (including phenoxy) is 1. The molecule has 0 amide bonds. The van der Waals surface area contributed by atoms with Gasteiger partial charge < -0.3 is 10.1 Å². The molecular formula is C14H23F2NO2. The normalized spacial score (nSPS) is 34.3. The minimum absolute atomic E-state index is 0.352. The average molecular weight is 275 g/mol. The molecule has 1 aliphatic heterocycles. The summed E-state index contributed by atoms with van der Waals surface area (Å²) in [4.78, 5) is 10.9. The first-order chi connectivity index (χ1) is 9.01. The second-order valence-electron chi connectivity index (χ2n) is 5.85. The van der Waals surface area contributed by atoms with E-state index in [2.05, 4.69) is 17.0 Å². The highest BCUT2D eigenvalue weighted by Gasteiger charge is 2.50. The van der Waals surface area contributed by atoms with Crippen molar-refractivity contribution in [1.82, 2.24) is 5.32 Å². The number of rotatable bonds is 5. The zero-order valence-electron chi connectivity index (χ0n) is 11.5. The highest BCUT2D eigenvalue weighted by Crippen LogP contribution is 2.31. The summed E-state index contributed by atoms with van der Waals surface area (Å²) in [6, 6.07) is 0.390. The van der Waals surface area contributed by atoms with Gasteiger partial charge in [-0.25, -0.2) is 4.79 Å². The summed E-state index contributed by atoms with van der Waals surface area (Å²) in [5.41, 5.74) is 0. The number of cyclic esters (lactones) is 1. The quantitative estimate of drug-likeness (QED) is 0.784. The van der Waals surface area contributed by atoms with Crippen LogP contribution in [0.2, 0.25) is 0 Å². The molecule has 2 aliphatic rings. The lowest BCUT2D eigenvalue weighted by atomic mass is 9.83. The number of carbonyl (C=O) groups is 1. The second kappa shape index (κ2) is 6.16. The summed E-state index contributed by atoms with van der Waals surface area (Å²) < 4.78 is 30.7. The highest BCUT2D eigenvalue weighted by molar-refractivity contribution is 5.79. The molecular weight excluding hydrogens is 252 g/mol. The van der Waals surface area contributed by atoms with Crippen molar-refractivity contribution in [3.8, 4) is 0 Å². The van der Waals surface area contributed by atoms with Crippen molar-refractivity contribution in [1.29, 1.82) is 0 Å². The Labute approximate surface area is 113 Å². The van der Waals surface area contributed by atoms with Crippen LogP contribution in [0, 0.1) is 5.92 Å². The van der Waals surface area contributed by atoms with Gasteiger partial charge in [-0.05, 0) is 31.6 Å². The van der Waals surface area contributed by atoms with Gasteiger partial charge in [0.05, 0.1) is 6.42 Å². The monoisotopic (exact) mass is 275 g/mol. The van der Waals surface area contributed by atoms with E-state index in [9.17, 15) is 13.6 Å². The molecule has 0 radical (unpaired) electrons. The zero-order valence-corrected chi connectivity index (χ0v) is 11.5. The van der Waals surface area contributed by atoms with E-state index in [-0.39, 0.29) is 0 Å². The van der Waals surface area contributed by atoms with E-state index in [0.29, 0.717) is 12.6 Å². The standard InChI is InChI=1S/C14H23F2NO2/c1-2-3-10-4-6-11(7-5-10)17-9-12-8-14(15,16)13(18)19-12/h10-12,17H,2-9H2,1H3. The molecule has 1 atom stereocenters. The summed E-state index contributed by atoms with van der Waals surface area (Å²) in [5, 5.41) is 3.27. The Bertz CT molecular complexity index is 315. The van der Waals surface area contributed by atoms with Crippen molar-refractivity contribution in [2.75, 3.05) is 6.54 Å². The summed E-state index contributed by atoms with van der Waals surface area (Å²) in [6.07, 6.45) is 6.00. The topological polar surface area (TPSA) is 38.3 Å². The molecule has 0 aromatic heterocycles. The van der Waals surface area contributed by atoms with Crippen LogP contribution in [-0.2, 0) is 9.53 Å². The maximum atomic E-state index is 13.0. The van der Waals surface area contributed by atoms with Gasteiger partial charge in [-0.3, -0.25) is 0 Å². The first kappa shape index (κ1) is 14.7. The van der Waals surface area contributed by atoms with Crippen LogP contribution in [0.5, 0.6) is 0 Å². The Kier molecular flexibility index (Phi) is 4.76. The van der Waals surface area contributed by atoms with Gasteiger partial charge in [0, 0.05) is 12.6 Å². The van der Waals surface area contributed by atoms with Gasteiger partial charge in [0.25, 0.3) is 0 Å². The lowest BCUT2D eigenvalue weighted by Gasteiger charge is -2.29. The van der Waals surface area contributed by atoms with Crippen LogP contribution in [0.15, 0.2) is 0 Å². The lowest BCUT2D eigenvalue weighted by Crippen LogP contribution is -2.38. The fourth-order valence-electron chi connectivity index (χ4n) is 3.12. The smallest absolute Gasteiger partial charge is 0.377 e. The third-order valence-corrected chi connectivity index (χ3v) is 4.23. The Balaban J connectivity index is 1.66. The van der Waals surface area contributed by atoms with E-state index < -0.39 is 24.4 Å². The number of esters is 1. The van der Waals surface area contributed by atoms with E-state index in [0.717, 1.165) is 18.8 Å². The molecule has 110 valence electrons. The van der Waals surface area contributed by atoms with Gasteiger partial charge in [-0.2, -0.15) is 8.78 Å². The highest BCUT2D eigenvalue weighted by atomic mass is 19.3. The predicted octanol–water partition coefficient (Wildman–Crippen LogP) is 2.89. The molecule has 1 heterocycles. The first-order valence-electron chi connectivity index (χ1n) is 7.33. The molecule has 3 nitrogen and oxygen atoms in total. The van der Waals surface area contributed by atoms with Crippen molar-refractivity contribution in [2.45, 2.75) is 69.9 Å². The van der Waals surface area contributed by atoms with Crippen molar-refractivity contribution in [2.24, 2.45) is 5.92 Å².